The minimum Gasteiger partial charge on any atom is -0.356 e. The molecule has 1 spiro atoms. The van der Waals surface area contributed by atoms with Gasteiger partial charge >= 0.3 is 18.2 Å². The van der Waals surface area contributed by atoms with E-state index in [1.165, 1.54) is 12.1 Å². The highest BCUT2D eigenvalue weighted by Crippen LogP contribution is 2.54. The van der Waals surface area contributed by atoms with E-state index in [1.807, 2.05) is 0 Å². The molecule has 38 heavy (non-hydrogen) atoms. The molecule has 0 radical (unpaired) electrons. The van der Waals surface area contributed by atoms with Crippen LogP contribution < -0.4 is 16.0 Å². The standard InChI is InChI=1S/C24H26ClF3N4O6/c25-14-2-1-3-15(9-14)30-21(36)22(37)32-12-23(5-6-23)10-17(32)20(35)31-16(8-13-4-7-29-19(13)34)18(33)11-38-24(26,27)28/h1-3,9,13,16-17H,4-8,10-12H2,(H,29,34)(H,30,36)(H,31,35)/t13-,16-,17-/m0/s1. The molecule has 0 aromatic heterocycles. The van der Waals surface area contributed by atoms with Crippen molar-refractivity contribution in [3.05, 3.63) is 29.3 Å². The number of carbonyl (C=O) groups excluding carboxylic acids is 5. The van der Waals surface area contributed by atoms with Gasteiger partial charge in [-0.2, -0.15) is 0 Å². The number of amides is 4. The van der Waals surface area contributed by atoms with Gasteiger partial charge in [0.15, 0.2) is 5.78 Å². The number of benzene rings is 1. The molecule has 4 rings (SSSR count). The summed E-state index contributed by atoms with van der Waals surface area (Å²) < 4.78 is 41.2. The predicted octanol–water partition coefficient (Wildman–Crippen LogP) is 1.78. The largest absolute Gasteiger partial charge is 0.522 e. The highest BCUT2D eigenvalue weighted by molar-refractivity contribution is 6.40. The molecular weight excluding hydrogens is 533 g/mol. The van der Waals surface area contributed by atoms with E-state index in [0.29, 0.717) is 18.0 Å². The van der Waals surface area contributed by atoms with Gasteiger partial charge in [0.05, 0.1) is 6.04 Å². The van der Waals surface area contributed by atoms with E-state index in [-0.39, 0.29) is 36.4 Å². The van der Waals surface area contributed by atoms with E-state index in [2.05, 4.69) is 20.7 Å². The zero-order valence-electron chi connectivity index (χ0n) is 20.1. The SMILES string of the molecule is O=C(Nc1cccc(Cl)c1)C(=O)N1CC2(CC2)C[C@H]1C(=O)N[C@@H](C[C@@H]1CCNC1=O)C(=O)COC(F)(F)F. The molecule has 10 nitrogen and oxygen atoms in total. The zero-order chi connectivity index (χ0) is 27.7. The van der Waals surface area contributed by atoms with Crippen LogP contribution in [0.4, 0.5) is 18.9 Å². The van der Waals surface area contributed by atoms with Gasteiger partial charge in [0, 0.05) is 29.7 Å². The van der Waals surface area contributed by atoms with E-state index >= 15 is 0 Å². The lowest BCUT2D eigenvalue weighted by Gasteiger charge is -2.26. The number of ketones is 1. The van der Waals surface area contributed by atoms with Gasteiger partial charge in [-0.25, -0.2) is 0 Å². The highest BCUT2D eigenvalue weighted by atomic mass is 35.5. The van der Waals surface area contributed by atoms with Gasteiger partial charge in [-0.15, -0.1) is 13.2 Å². The van der Waals surface area contributed by atoms with Gasteiger partial charge in [-0.3, -0.25) is 28.7 Å². The minimum atomic E-state index is -5.06. The Balaban J connectivity index is 1.47. The maximum Gasteiger partial charge on any atom is 0.522 e. The number of carbonyl (C=O) groups is 5. The number of nitrogens with one attached hydrogen (secondary N) is 3. The third kappa shape index (κ3) is 6.81. The number of ether oxygens (including phenoxy) is 1. The van der Waals surface area contributed by atoms with Crippen LogP contribution in [0.25, 0.3) is 0 Å². The number of likely N-dealkylation sites (tertiary alicyclic amines) is 1. The zero-order valence-corrected chi connectivity index (χ0v) is 20.9. The van der Waals surface area contributed by atoms with Gasteiger partial charge in [0.2, 0.25) is 11.8 Å². The Hall–Kier alpha value is -3.19. The Morgan fingerprint density at radius 3 is 2.58 bits per heavy atom. The first-order valence-corrected chi connectivity index (χ1v) is 12.4. The van der Waals surface area contributed by atoms with Crippen LogP contribution in [0.3, 0.4) is 0 Å². The summed E-state index contributed by atoms with van der Waals surface area (Å²) in [6.45, 7) is -0.859. The van der Waals surface area contributed by atoms with Gasteiger partial charge < -0.3 is 20.9 Å². The van der Waals surface area contributed by atoms with Crippen LogP contribution in [-0.4, -0.2) is 72.5 Å². The van der Waals surface area contributed by atoms with Crippen molar-refractivity contribution in [2.75, 3.05) is 25.0 Å². The molecule has 3 fully saturated rings. The summed E-state index contributed by atoms with van der Waals surface area (Å²) in [6, 6.07) is 3.58. The topological polar surface area (TPSA) is 134 Å². The Morgan fingerprint density at radius 2 is 1.97 bits per heavy atom. The summed E-state index contributed by atoms with van der Waals surface area (Å²) in [5, 5.41) is 7.79. The van der Waals surface area contributed by atoms with E-state index in [9.17, 15) is 37.1 Å². The number of halogens is 4. The third-order valence-electron chi connectivity index (χ3n) is 7.07. The summed E-state index contributed by atoms with van der Waals surface area (Å²) in [5.74, 6) is -4.87. The van der Waals surface area contributed by atoms with Gasteiger partial charge in [0.25, 0.3) is 0 Å². The average molecular weight is 559 g/mol. The quantitative estimate of drug-likeness (QED) is 0.417. The molecule has 4 amide bonds. The second-order valence-corrected chi connectivity index (χ2v) is 10.3. The molecule has 2 saturated heterocycles. The number of rotatable bonds is 8. The number of nitrogens with zero attached hydrogens (tertiary/aromatic N) is 1. The molecule has 0 unspecified atom stereocenters. The summed E-state index contributed by atoms with van der Waals surface area (Å²) in [6.07, 6.45) is -3.23. The van der Waals surface area contributed by atoms with Crippen molar-refractivity contribution in [2.45, 2.75) is 50.6 Å². The van der Waals surface area contributed by atoms with Crippen molar-refractivity contribution < 1.29 is 41.9 Å². The van der Waals surface area contributed by atoms with Crippen LogP contribution in [-0.2, 0) is 28.7 Å². The molecular formula is C24H26ClF3N4O6. The molecule has 3 atom stereocenters. The Morgan fingerprint density at radius 1 is 1.24 bits per heavy atom. The third-order valence-corrected chi connectivity index (χ3v) is 7.31. The maximum absolute atomic E-state index is 13.3. The summed E-state index contributed by atoms with van der Waals surface area (Å²) in [4.78, 5) is 64.8. The number of hydrogen-bond acceptors (Lipinski definition) is 6. The summed E-state index contributed by atoms with van der Waals surface area (Å²) >= 11 is 5.91. The molecule has 2 heterocycles. The highest BCUT2D eigenvalue weighted by Gasteiger charge is 2.56. The molecule has 1 saturated carbocycles. The fourth-order valence-electron chi connectivity index (χ4n) is 4.87. The molecule has 1 aliphatic carbocycles. The number of hydrogen-bond donors (Lipinski definition) is 3. The monoisotopic (exact) mass is 558 g/mol. The number of anilines is 1. The lowest BCUT2D eigenvalue weighted by molar-refractivity contribution is -0.321. The Labute approximate surface area is 220 Å². The van der Waals surface area contributed by atoms with E-state index in [0.717, 1.165) is 17.7 Å². The first kappa shape index (κ1) is 27.8. The van der Waals surface area contributed by atoms with Crippen molar-refractivity contribution >= 4 is 46.7 Å². The van der Waals surface area contributed by atoms with Crippen molar-refractivity contribution in [1.29, 1.82) is 0 Å². The lowest BCUT2D eigenvalue weighted by atomic mass is 9.95. The normalized spacial score (nSPS) is 22.6. The lowest BCUT2D eigenvalue weighted by Crippen LogP contribution is -2.53. The van der Waals surface area contributed by atoms with Crippen molar-refractivity contribution in [3.63, 3.8) is 0 Å². The summed E-state index contributed by atoms with van der Waals surface area (Å²) in [5.41, 5.74) is -0.0551. The van der Waals surface area contributed by atoms with E-state index in [1.54, 1.807) is 12.1 Å². The van der Waals surface area contributed by atoms with E-state index < -0.39 is 54.5 Å². The predicted molar refractivity (Wildman–Crippen MR) is 127 cm³/mol. The van der Waals surface area contributed by atoms with Crippen LogP contribution in [0, 0.1) is 11.3 Å². The smallest absolute Gasteiger partial charge is 0.356 e. The fourth-order valence-corrected chi connectivity index (χ4v) is 5.06. The van der Waals surface area contributed by atoms with Crippen LogP contribution in [0.5, 0.6) is 0 Å². The van der Waals surface area contributed by atoms with Crippen molar-refractivity contribution in [3.8, 4) is 0 Å². The average Bonchev–Trinajstić information content (AvgIpc) is 3.30. The second-order valence-electron chi connectivity index (χ2n) is 9.89. The van der Waals surface area contributed by atoms with Crippen LogP contribution >= 0.6 is 11.6 Å². The van der Waals surface area contributed by atoms with Crippen LogP contribution in [0.15, 0.2) is 24.3 Å². The first-order chi connectivity index (χ1) is 17.9. The number of Topliss-reactive ketones (excluding diaryl/α,β-unsaturated/α-hetero) is 1. The van der Waals surface area contributed by atoms with Crippen molar-refractivity contribution in [2.24, 2.45) is 11.3 Å². The van der Waals surface area contributed by atoms with E-state index in [4.69, 9.17) is 11.6 Å². The molecule has 2 aliphatic heterocycles. The summed E-state index contributed by atoms with van der Waals surface area (Å²) in [7, 11) is 0. The van der Waals surface area contributed by atoms with Gasteiger partial charge in [0.1, 0.15) is 12.6 Å². The van der Waals surface area contributed by atoms with Gasteiger partial charge in [-0.1, -0.05) is 17.7 Å². The van der Waals surface area contributed by atoms with Crippen LogP contribution in [0.2, 0.25) is 5.02 Å². The second kappa shape index (κ2) is 10.9. The maximum atomic E-state index is 13.3. The molecule has 3 aliphatic rings. The molecule has 14 heteroatoms. The minimum absolute atomic E-state index is 0.147. The first-order valence-electron chi connectivity index (χ1n) is 12.0. The molecule has 3 N–H and O–H groups in total. The number of alkyl halides is 3. The fraction of sp³-hybridized carbons (Fsp3) is 0.542. The Bertz CT molecular complexity index is 1140. The van der Waals surface area contributed by atoms with Crippen LogP contribution in [0.1, 0.15) is 32.1 Å². The Kier molecular flexibility index (Phi) is 7.98. The van der Waals surface area contributed by atoms with Crippen molar-refractivity contribution in [1.82, 2.24) is 15.5 Å². The molecule has 0 bridgehead atoms. The molecule has 206 valence electrons. The van der Waals surface area contributed by atoms with Gasteiger partial charge in [-0.05, 0) is 55.7 Å². The molecule has 1 aromatic rings. The molecule has 1 aromatic carbocycles.